The highest BCUT2D eigenvalue weighted by atomic mass is 35.5. The van der Waals surface area contributed by atoms with Crippen molar-refractivity contribution in [2.75, 3.05) is 104 Å². The van der Waals surface area contributed by atoms with Gasteiger partial charge in [0, 0.05) is 74.3 Å². The van der Waals surface area contributed by atoms with Crippen LogP contribution in [0.25, 0.3) is 27.9 Å². The lowest BCUT2D eigenvalue weighted by molar-refractivity contribution is 0.232. The number of hydrogen-bond donors (Lipinski definition) is 5. The molecule has 0 fully saturated rings. The van der Waals surface area contributed by atoms with Gasteiger partial charge in [-0.1, -0.05) is 148 Å². The monoisotopic (exact) mass is 2270 g/mol. The maximum absolute atomic E-state index is 13.9. The molecule has 12 aromatic heterocycles. The lowest BCUT2D eigenvalue weighted by Gasteiger charge is -2.30. The quantitative estimate of drug-likeness (QED) is 0.0421. The van der Waals surface area contributed by atoms with Crippen molar-refractivity contribution >= 4 is 195 Å². The van der Waals surface area contributed by atoms with Crippen molar-refractivity contribution in [2.24, 2.45) is 0 Å². The number of hydrogen-bond acceptors (Lipinski definition) is 34. The highest BCUT2D eigenvalue weighted by molar-refractivity contribution is 7.17. The number of β-amino-alcohol motifs (C(OH)–C–C–N with tert-alkyl or cyclic N) is 5. The van der Waals surface area contributed by atoms with Crippen molar-refractivity contribution in [1.29, 1.82) is 0 Å². The minimum atomic E-state index is -0.861. The number of methoxy groups -OCH3 is 2. The van der Waals surface area contributed by atoms with Gasteiger partial charge in [0.1, 0.15) is 51.6 Å². The number of thiophene rings is 5. The zero-order chi connectivity index (χ0) is 107. The minimum absolute atomic E-state index is 0.00220. The molecule has 0 spiro atoms. The Bertz CT molecular complexity index is 7830. The Balaban J connectivity index is 0.000000133. The molecule has 49 heteroatoms. The Kier molecular flexibility index (Phi) is 36.1. The van der Waals surface area contributed by atoms with Gasteiger partial charge in [0.15, 0.2) is 0 Å². The maximum atomic E-state index is 13.9. The lowest BCUT2D eigenvalue weighted by Crippen LogP contribution is -2.40. The summed E-state index contributed by atoms with van der Waals surface area (Å²) in [5, 5.41) is 53.6. The largest absolute Gasteiger partial charge is 0.481 e. The average molecular weight is 2270 g/mol. The number of aliphatic hydroxyl groups excluding tert-OH is 5. The molecule has 5 aliphatic heterocycles. The number of benzene rings is 3. The summed E-state index contributed by atoms with van der Waals surface area (Å²) in [5.41, 5.74) is 5.22. The summed E-state index contributed by atoms with van der Waals surface area (Å²) in [6.07, 6.45) is 5.03. The van der Waals surface area contributed by atoms with Crippen LogP contribution in [0.1, 0.15) is 87.1 Å². The molecule has 0 unspecified atom stereocenters. The van der Waals surface area contributed by atoms with Crippen LogP contribution >= 0.6 is 138 Å². The molecule has 3 aromatic carbocycles. The summed E-state index contributed by atoms with van der Waals surface area (Å²) in [4.78, 5) is 128. The van der Waals surface area contributed by atoms with Gasteiger partial charge in [-0.3, -0.25) is 22.8 Å². The predicted molar refractivity (Wildman–Crippen MR) is 584 cm³/mol. The molecule has 34 nitrogen and oxygen atoms in total. The van der Waals surface area contributed by atoms with E-state index in [-0.39, 0.29) is 78.9 Å². The number of ether oxygens (including phenoxy) is 2. The molecule has 0 aliphatic carbocycles. The molecule has 0 amide bonds. The van der Waals surface area contributed by atoms with Crippen molar-refractivity contribution in [3.05, 3.63) is 371 Å². The van der Waals surface area contributed by atoms with Crippen LogP contribution in [0.15, 0.2) is 206 Å². The Labute approximate surface area is 910 Å². The number of rotatable bonds is 22. The molecule has 5 aliphatic rings. The van der Waals surface area contributed by atoms with E-state index < -0.39 is 59.1 Å². The van der Waals surface area contributed by atoms with E-state index in [0.29, 0.717) is 189 Å². The smallest absolute Gasteiger partial charge is 0.352 e. The number of aromatic nitrogens is 17. The van der Waals surface area contributed by atoms with Crippen molar-refractivity contribution in [1.82, 2.24) is 82.6 Å². The summed E-state index contributed by atoms with van der Waals surface area (Å²) in [6, 6.07) is 42.4. The van der Waals surface area contributed by atoms with Gasteiger partial charge in [-0.2, -0.15) is 49.8 Å². The van der Waals surface area contributed by atoms with Gasteiger partial charge in [-0.25, -0.2) is 47.1 Å². The molecule has 780 valence electrons. The second kappa shape index (κ2) is 49.2. The first-order valence-electron chi connectivity index (χ1n) is 46.2. The van der Waals surface area contributed by atoms with Crippen LogP contribution in [0, 0.1) is 59.0 Å². The van der Waals surface area contributed by atoms with Gasteiger partial charge in [0.05, 0.1) is 148 Å². The van der Waals surface area contributed by atoms with Crippen LogP contribution in [0.3, 0.4) is 0 Å². The molecule has 5 N–H and O–H groups in total. The van der Waals surface area contributed by atoms with E-state index in [1.54, 1.807) is 158 Å². The summed E-state index contributed by atoms with van der Waals surface area (Å²) in [6.45, 7) is 15.5. The molecule has 150 heavy (non-hydrogen) atoms. The lowest BCUT2D eigenvalue weighted by atomic mass is 9.96. The molecule has 17 heterocycles. The predicted octanol–water partition coefficient (Wildman–Crippen LogP) is 15.7. The first kappa shape index (κ1) is 110. The van der Waals surface area contributed by atoms with Crippen molar-refractivity contribution in [3.63, 3.8) is 0 Å². The fraction of sp³-hybridized carbons (Fsp3) is 0.277. The molecule has 0 bridgehead atoms. The second-order valence-corrected chi connectivity index (χ2v) is 44.3. The number of nitrogens with zero attached hydrogens (tertiary/aromatic N) is 22. The van der Waals surface area contributed by atoms with E-state index in [9.17, 15) is 62.7 Å². The topological polar surface area (TPSA) is 400 Å². The number of anilines is 5. The number of aliphatic hydroxyl groups is 5. The molecule has 5 atom stereocenters. The average Bonchev–Trinajstić information content (AvgIpc) is 1.04. The van der Waals surface area contributed by atoms with Crippen LogP contribution in [0.2, 0.25) is 31.7 Å². The number of halogens is 10. The summed E-state index contributed by atoms with van der Waals surface area (Å²) in [7, 11) is 3.04. The van der Waals surface area contributed by atoms with Crippen LogP contribution in [-0.2, 0) is 32.7 Å². The van der Waals surface area contributed by atoms with Crippen LogP contribution in [0.4, 0.5) is 42.9 Å². The van der Waals surface area contributed by atoms with Gasteiger partial charge in [-0.05, 0) is 190 Å². The van der Waals surface area contributed by atoms with Gasteiger partial charge < -0.3 is 59.5 Å². The Hall–Kier alpha value is -12.6. The van der Waals surface area contributed by atoms with Gasteiger partial charge in [0.2, 0.25) is 41.5 Å². The molecular formula is C101H94Cl7F3N22O12S5. The number of aryl methyl sites for hydroxylation is 6. The highest BCUT2D eigenvalue weighted by Gasteiger charge is 2.33. The van der Waals surface area contributed by atoms with Gasteiger partial charge in [0.25, 0.3) is 0 Å². The molecular weight excluding hydrogens is 2180 g/mol. The Morgan fingerprint density at radius 1 is 0.313 bits per heavy atom. The fourth-order valence-corrected chi connectivity index (χ4v) is 22.3. The van der Waals surface area contributed by atoms with Crippen LogP contribution < -0.4 is 62.4 Å². The van der Waals surface area contributed by atoms with Crippen molar-refractivity contribution < 1.29 is 48.2 Å². The van der Waals surface area contributed by atoms with E-state index in [4.69, 9.17) is 90.7 Å². The maximum Gasteiger partial charge on any atom is 0.352 e. The normalized spacial score (nSPS) is 16.6. The van der Waals surface area contributed by atoms with E-state index in [0.717, 1.165) is 35.5 Å². The number of pyridine rings is 2. The third kappa shape index (κ3) is 27.1. The summed E-state index contributed by atoms with van der Waals surface area (Å²) in [5.74, 6) is 3.67. The van der Waals surface area contributed by atoms with Crippen molar-refractivity contribution in [3.8, 4) is 11.8 Å². The third-order valence-corrected chi connectivity index (χ3v) is 31.1. The van der Waals surface area contributed by atoms with E-state index in [1.165, 1.54) is 117 Å². The Morgan fingerprint density at radius 2 is 0.613 bits per heavy atom. The zero-order valence-corrected chi connectivity index (χ0v) is 90.4. The molecule has 0 radical (unpaired) electrons. The first-order chi connectivity index (χ1) is 71.8. The van der Waals surface area contributed by atoms with E-state index >= 15 is 0 Å². The van der Waals surface area contributed by atoms with E-state index in [1.807, 2.05) is 66.8 Å². The van der Waals surface area contributed by atoms with Gasteiger partial charge in [-0.15, -0.1) is 56.7 Å². The minimum Gasteiger partial charge on any atom is -0.481 e. The SMILES string of the molecule is COc1cccc(C2=CCN(c3nc(C)n(Cc4ccc(Cl)s4)c(=O)n3)C[C@@H]2O)n1.COc1nc(C2=CCN(c3nc(C)n(Cc4ccc(Cl)s4)c(=O)n3)C[C@@H]2O)ccc1Cl.Cc1ccc(C2=CCN(c3nc(C)n(Cc4ccc(Cl)s4)c(=O)n3)C[C@@H]2O)cc1F.Cc1nc(N2CC=C(c3ccc(F)c(Cl)c3)[C@@H](O)C2)nc(=O)n1Cc1ccc(Cl)s1.Cc1nc(N2CC=C(c3ccc(F)cc3)[C@@H](O)C2)nc(=O)n1Cc1ccc(Cl)s1. The zero-order valence-electron chi connectivity index (χ0n) is 81.1. The summed E-state index contributed by atoms with van der Waals surface area (Å²) >= 11 is 48.8. The van der Waals surface area contributed by atoms with Gasteiger partial charge >= 0.3 is 28.4 Å². The Morgan fingerprint density at radius 3 is 0.900 bits per heavy atom. The molecule has 20 rings (SSSR count). The standard InChI is InChI=1S/C21H20ClFN4O2S.C20H17Cl2FN4O2S.C20H19Cl2N5O3S.C20H18ClFN4O2S.C20H20ClN5O3S/c1-12-3-4-14(9-17(12)23)16-7-8-26(11-18(16)28)20-24-13(2)27(21(29)25-20)10-15-5-6-19(22)30-15;1-11-24-19(25-20(29)27(11)9-13-3-5-18(22)30-13)26-7-6-14(17(28)10-26)12-2-4-16(23)15(21)8-12;1-11-23-19(25-20(29)27(11)9-12-3-6-17(22)31-12)26-8-7-13(16(28)10-26)15-5-4-14(21)18(24-15)30-2;1-12-23-19(24-20(28)26(12)10-15-6-7-18(21)29-15)25-9-8-16(17(27)11-25)13-2-4-14(22)5-3-13;1-12-22-19(24-20(28)26(12)10-13-6-7-17(21)30-13)25-9-8-14(16(27)11-25)15-4-3-5-18(23-15)29-2/h3-7,9,18,28H,8,10-11H2,1-2H3;2-6,8,17,28H,7,9-10H2,1H3;3-7,16,28H,8-10H2,1-2H3;2-8,17,27H,9-11H2,1H3;3-8,16,27H,9-11H2,1-2H3/t18-;17-;16-;17-;16-/m00000/s1. The van der Waals surface area contributed by atoms with Crippen molar-refractivity contribution in [2.45, 2.75) is 105 Å². The van der Waals surface area contributed by atoms with Crippen LogP contribution in [0.5, 0.6) is 11.8 Å². The summed E-state index contributed by atoms with van der Waals surface area (Å²) < 4.78 is 61.5. The highest BCUT2D eigenvalue weighted by Crippen LogP contribution is 2.36. The molecule has 0 saturated heterocycles. The van der Waals surface area contributed by atoms with Crippen LogP contribution in [-0.4, -0.2) is 218 Å². The third-order valence-electron chi connectivity index (χ3n) is 24.4. The molecule has 15 aromatic rings. The second-order valence-electron chi connectivity index (χ2n) is 34.5. The fourth-order valence-electron chi connectivity index (χ4n) is 16.6. The first-order valence-corrected chi connectivity index (χ1v) is 52.9. The molecule has 0 saturated carbocycles. The van der Waals surface area contributed by atoms with E-state index in [2.05, 4.69) is 59.8 Å².